The van der Waals surface area contributed by atoms with Crippen molar-refractivity contribution >= 4 is 5.91 Å². The second-order valence-electron chi connectivity index (χ2n) is 4.85. The van der Waals surface area contributed by atoms with Gasteiger partial charge < -0.3 is 10.1 Å². The van der Waals surface area contributed by atoms with Crippen molar-refractivity contribution in [3.63, 3.8) is 0 Å². The molecule has 0 saturated carbocycles. The summed E-state index contributed by atoms with van der Waals surface area (Å²) in [6, 6.07) is 9.27. The van der Waals surface area contributed by atoms with Crippen LogP contribution >= 0.6 is 0 Å². The molecule has 1 aromatic carbocycles. The third-order valence-corrected chi connectivity index (χ3v) is 3.39. The van der Waals surface area contributed by atoms with Crippen molar-refractivity contribution in [3.8, 4) is 5.69 Å². The highest BCUT2D eigenvalue weighted by Crippen LogP contribution is 2.12. The molecule has 0 radical (unpaired) electrons. The van der Waals surface area contributed by atoms with Crippen molar-refractivity contribution < 1.29 is 9.53 Å². The molecule has 0 spiro atoms. The number of ether oxygens (including phenoxy) is 1. The molecule has 2 heterocycles. The Morgan fingerprint density at radius 3 is 3.15 bits per heavy atom. The fourth-order valence-electron chi connectivity index (χ4n) is 2.33. The van der Waals surface area contributed by atoms with Crippen molar-refractivity contribution in [3.05, 3.63) is 48.3 Å². The van der Waals surface area contributed by atoms with Gasteiger partial charge in [0.1, 0.15) is 0 Å². The maximum absolute atomic E-state index is 12.1. The average Bonchev–Trinajstić information content (AvgIpc) is 3.18. The lowest BCUT2D eigenvalue weighted by molar-refractivity contribution is 0.0858. The number of nitrogens with one attached hydrogen (secondary N) is 1. The predicted molar refractivity (Wildman–Crippen MR) is 74.9 cm³/mol. The van der Waals surface area contributed by atoms with Gasteiger partial charge in [-0.15, -0.1) is 0 Å². The zero-order valence-electron chi connectivity index (χ0n) is 11.2. The summed E-state index contributed by atoms with van der Waals surface area (Å²) in [6.45, 7) is 1.38. The second-order valence-corrected chi connectivity index (χ2v) is 4.85. The molecule has 20 heavy (non-hydrogen) atoms. The van der Waals surface area contributed by atoms with Crippen molar-refractivity contribution in [1.82, 2.24) is 15.1 Å². The number of aromatic nitrogens is 2. The molecule has 1 aliphatic rings. The van der Waals surface area contributed by atoms with Crippen molar-refractivity contribution in [1.29, 1.82) is 0 Å². The molecule has 5 nitrogen and oxygen atoms in total. The Bertz CT molecular complexity index is 575. The minimum Gasteiger partial charge on any atom is -0.376 e. The van der Waals surface area contributed by atoms with E-state index >= 15 is 0 Å². The lowest BCUT2D eigenvalue weighted by Gasteiger charge is -2.11. The third kappa shape index (κ3) is 2.88. The Kier molecular flexibility index (Phi) is 3.78. The molecule has 5 heteroatoms. The molecule has 1 aliphatic heterocycles. The number of hydrogen-bond donors (Lipinski definition) is 1. The van der Waals surface area contributed by atoms with Gasteiger partial charge in [-0.05, 0) is 37.1 Å². The van der Waals surface area contributed by atoms with Gasteiger partial charge in [-0.1, -0.05) is 6.07 Å². The van der Waals surface area contributed by atoms with E-state index in [-0.39, 0.29) is 12.0 Å². The lowest BCUT2D eigenvalue weighted by Crippen LogP contribution is -2.31. The zero-order chi connectivity index (χ0) is 13.8. The van der Waals surface area contributed by atoms with Crippen LogP contribution in [-0.2, 0) is 4.74 Å². The van der Waals surface area contributed by atoms with Gasteiger partial charge in [0.25, 0.3) is 5.91 Å². The molecule has 1 saturated heterocycles. The fourth-order valence-corrected chi connectivity index (χ4v) is 2.33. The van der Waals surface area contributed by atoms with Gasteiger partial charge in [0.15, 0.2) is 0 Å². The summed E-state index contributed by atoms with van der Waals surface area (Å²) < 4.78 is 7.23. The highest BCUT2D eigenvalue weighted by atomic mass is 16.5. The Morgan fingerprint density at radius 1 is 1.45 bits per heavy atom. The molecule has 0 bridgehead atoms. The van der Waals surface area contributed by atoms with Gasteiger partial charge in [0.05, 0.1) is 11.8 Å². The fraction of sp³-hybridized carbons (Fsp3) is 0.333. The molecular weight excluding hydrogens is 254 g/mol. The summed E-state index contributed by atoms with van der Waals surface area (Å²) in [5.41, 5.74) is 1.51. The maximum Gasteiger partial charge on any atom is 0.251 e. The van der Waals surface area contributed by atoms with Crippen LogP contribution in [0.3, 0.4) is 0 Å². The van der Waals surface area contributed by atoms with Crippen LogP contribution < -0.4 is 5.32 Å². The molecule has 1 N–H and O–H groups in total. The van der Waals surface area contributed by atoms with Crippen LogP contribution in [0.2, 0.25) is 0 Å². The van der Waals surface area contributed by atoms with Gasteiger partial charge in [-0.3, -0.25) is 4.79 Å². The molecule has 104 valence electrons. The van der Waals surface area contributed by atoms with Gasteiger partial charge in [-0.2, -0.15) is 5.10 Å². The summed E-state index contributed by atoms with van der Waals surface area (Å²) >= 11 is 0. The van der Waals surface area contributed by atoms with Gasteiger partial charge in [0, 0.05) is 31.1 Å². The van der Waals surface area contributed by atoms with E-state index in [1.165, 1.54) is 0 Å². The summed E-state index contributed by atoms with van der Waals surface area (Å²) in [5.74, 6) is -0.0745. The Morgan fingerprint density at radius 2 is 2.40 bits per heavy atom. The summed E-state index contributed by atoms with van der Waals surface area (Å²) in [6.07, 6.45) is 5.82. The largest absolute Gasteiger partial charge is 0.376 e. The molecule has 2 aromatic rings. The maximum atomic E-state index is 12.1. The van der Waals surface area contributed by atoms with Crippen LogP contribution in [0, 0.1) is 0 Å². The van der Waals surface area contributed by atoms with E-state index < -0.39 is 0 Å². The third-order valence-electron chi connectivity index (χ3n) is 3.39. The van der Waals surface area contributed by atoms with E-state index in [4.69, 9.17) is 4.74 Å². The highest BCUT2D eigenvalue weighted by Gasteiger charge is 2.16. The zero-order valence-corrected chi connectivity index (χ0v) is 11.2. The number of carbonyl (C=O) groups excluding carboxylic acids is 1. The average molecular weight is 271 g/mol. The van der Waals surface area contributed by atoms with E-state index in [2.05, 4.69) is 10.4 Å². The summed E-state index contributed by atoms with van der Waals surface area (Å²) in [7, 11) is 0. The highest BCUT2D eigenvalue weighted by molar-refractivity contribution is 5.94. The number of benzene rings is 1. The van der Waals surface area contributed by atoms with E-state index in [1.54, 1.807) is 16.9 Å². The number of nitrogens with zero attached hydrogens (tertiary/aromatic N) is 2. The quantitative estimate of drug-likeness (QED) is 0.922. The molecule has 1 fully saturated rings. The first-order chi connectivity index (χ1) is 9.83. The first-order valence-corrected chi connectivity index (χ1v) is 6.83. The molecule has 1 unspecified atom stereocenters. The van der Waals surface area contributed by atoms with E-state index in [9.17, 15) is 4.79 Å². The van der Waals surface area contributed by atoms with Gasteiger partial charge >= 0.3 is 0 Å². The van der Waals surface area contributed by atoms with Crippen LogP contribution in [0.1, 0.15) is 23.2 Å². The number of hydrogen-bond acceptors (Lipinski definition) is 3. The monoisotopic (exact) mass is 271 g/mol. The molecular formula is C15H17N3O2. The molecule has 1 amide bonds. The van der Waals surface area contributed by atoms with Gasteiger partial charge in [-0.25, -0.2) is 4.68 Å². The SMILES string of the molecule is O=C(NCC1CCCO1)c1cccc(-n2cccn2)c1. The van der Waals surface area contributed by atoms with Crippen LogP contribution in [0.25, 0.3) is 5.69 Å². The van der Waals surface area contributed by atoms with Crippen LogP contribution in [0.5, 0.6) is 0 Å². The van der Waals surface area contributed by atoms with E-state index in [1.807, 2.05) is 30.5 Å². The first-order valence-electron chi connectivity index (χ1n) is 6.83. The molecule has 1 aromatic heterocycles. The molecule has 0 aliphatic carbocycles. The van der Waals surface area contributed by atoms with Crippen LogP contribution in [0.15, 0.2) is 42.7 Å². The smallest absolute Gasteiger partial charge is 0.251 e. The standard InChI is InChI=1S/C15H17N3O2/c19-15(16-11-14-6-2-9-20-14)12-4-1-5-13(10-12)18-8-3-7-17-18/h1,3-5,7-8,10,14H,2,6,9,11H2,(H,16,19). The van der Waals surface area contributed by atoms with Crippen molar-refractivity contribution in [2.75, 3.05) is 13.2 Å². The van der Waals surface area contributed by atoms with Crippen molar-refractivity contribution in [2.24, 2.45) is 0 Å². The van der Waals surface area contributed by atoms with Crippen molar-refractivity contribution in [2.45, 2.75) is 18.9 Å². The minimum atomic E-state index is -0.0745. The summed E-state index contributed by atoms with van der Waals surface area (Å²) in [5, 5.41) is 7.08. The topological polar surface area (TPSA) is 56.1 Å². The van der Waals surface area contributed by atoms with Crippen LogP contribution in [0.4, 0.5) is 0 Å². The Labute approximate surface area is 117 Å². The second kappa shape index (κ2) is 5.88. The first kappa shape index (κ1) is 12.9. The van der Waals surface area contributed by atoms with E-state index in [0.717, 1.165) is 25.1 Å². The predicted octanol–water partition coefficient (Wildman–Crippen LogP) is 1.78. The van der Waals surface area contributed by atoms with E-state index in [0.29, 0.717) is 12.1 Å². The molecule has 3 rings (SSSR count). The lowest BCUT2D eigenvalue weighted by atomic mass is 10.2. The number of carbonyl (C=O) groups is 1. The minimum absolute atomic E-state index is 0.0745. The number of rotatable bonds is 4. The Balaban J connectivity index is 1.66. The van der Waals surface area contributed by atoms with Crippen LogP contribution in [-0.4, -0.2) is 34.9 Å². The number of amides is 1. The van der Waals surface area contributed by atoms with Gasteiger partial charge in [0.2, 0.25) is 0 Å². The molecule has 1 atom stereocenters. The Hall–Kier alpha value is -2.14. The normalized spacial score (nSPS) is 18.1. The summed E-state index contributed by atoms with van der Waals surface area (Å²) in [4.78, 5) is 12.1.